The lowest BCUT2D eigenvalue weighted by Gasteiger charge is -2.16. The van der Waals surface area contributed by atoms with Gasteiger partial charge in [0.25, 0.3) is 0 Å². The second kappa shape index (κ2) is 13.9. The maximum atomic E-state index is 9.75. The van der Waals surface area contributed by atoms with Gasteiger partial charge >= 0.3 is 0 Å². The number of halogens is 2. The van der Waals surface area contributed by atoms with E-state index in [1.54, 1.807) is 7.11 Å². The zero-order valence-electron chi connectivity index (χ0n) is 21.6. The SMILES string of the molecule is CCOc1cc(/C=C(\C#N)c2ccc(Br)cc2)cc(Br)c1OCc1ccc(OCc2ccccc2)c(OC)c1. The molecule has 0 saturated heterocycles. The van der Waals surface area contributed by atoms with Crippen molar-refractivity contribution in [3.05, 3.63) is 116 Å². The van der Waals surface area contributed by atoms with E-state index in [-0.39, 0.29) is 0 Å². The maximum absolute atomic E-state index is 9.75. The Hall–Kier alpha value is -3.73. The second-order valence-corrected chi connectivity index (χ2v) is 10.3. The molecule has 0 bridgehead atoms. The minimum atomic E-state index is 0.297. The van der Waals surface area contributed by atoms with Crippen molar-refractivity contribution in [3.63, 3.8) is 0 Å². The molecule has 5 nitrogen and oxygen atoms in total. The first-order valence-electron chi connectivity index (χ1n) is 12.3. The predicted molar refractivity (Wildman–Crippen MR) is 161 cm³/mol. The van der Waals surface area contributed by atoms with Crippen LogP contribution in [0.3, 0.4) is 0 Å². The van der Waals surface area contributed by atoms with Gasteiger partial charge in [-0.05, 0) is 87.6 Å². The number of ether oxygens (including phenoxy) is 4. The minimum Gasteiger partial charge on any atom is -0.493 e. The highest BCUT2D eigenvalue weighted by atomic mass is 79.9. The Labute approximate surface area is 245 Å². The van der Waals surface area contributed by atoms with Crippen LogP contribution in [0.4, 0.5) is 0 Å². The van der Waals surface area contributed by atoms with Crippen molar-refractivity contribution in [2.24, 2.45) is 0 Å². The molecule has 0 atom stereocenters. The lowest BCUT2D eigenvalue weighted by molar-refractivity contribution is 0.265. The fraction of sp³-hybridized carbons (Fsp3) is 0.156. The van der Waals surface area contributed by atoms with Crippen LogP contribution in [-0.4, -0.2) is 13.7 Å². The third-order valence-electron chi connectivity index (χ3n) is 5.77. The molecule has 7 heteroatoms. The fourth-order valence-electron chi connectivity index (χ4n) is 3.86. The largest absolute Gasteiger partial charge is 0.493 e. The molecule has 4 rings (SSSR count). The third kappa shape index (κ3) is 7.66. The van der Waals surface area contributed by atoms with Crippen LogP contribution in [0.15, 0.2) is 93.9 Å². The molecule has 0 N–H and O–H groups in total. The zero-order valence-corrected chi connectivity index (χ0v) is 24.8. The zero-order chi connectivity index (χ0) is 27.6. The van der Waals surface area contributed by atoms with Gasteiger partial charge in [-0.3, -0.25) is 0 Å². The average Bonchev–Trinajstić information content (AvgIpc) is 2.96. The van der Waals surface area contributed by atoms with Crippen LogP contribution < -0.4 is 18.9 Å². The van der Waals surface area contributed by atoms with Crippen molar-refractivity contribution in [1.29, 1.82) is 5.26 Å². The summed E-state index contributed by atoms with van der Waals surface area (Å²) in [6, 6.07) is 29.4. The number of rotatable bonds is 11. The summed E-state index contributed by atoms with van der Waals surface area (Å²) in [6.45, 7) is 3.14. The van der Waals surface area contributed by atoms with E-state index >= 15 is 0 Å². The van der Waals surface area contributed by atoms with Gasteiger partial charge in [-0.25, -0.2) is 0 Å². The van der Waals surface area contributed by atoms with Gasteiger partial charge in [0.05, 0.1) is 29.8 Å². The second-order valence-electron chi connectivity index (χ2n) is 8.49. The number of hydrogen-bond acceptors (Lipinski definition) is 5. The summed E-state index contributed by atoms with van der Waals surface area (Å²) >= 11 is 7.07. The normalized spacial score (nSPS) is 11.0. The minimum absolute atomic E-state index is 0.297. The van der Waals surface area contributed by atoms with Crippen LogP contribution in [0.25, 0.3) is 11.6 Å². The molecule has 4 aromatic carbocycles. The predicted octanol–water partition coefficient (Wildman–Crippen LogP) is 8.84. The van der Waals surface area contributed by atoms with Crippen LogP contribution in [0.1, 0.15) is 29.2 Å². The Bertz CT molecular complexity index is 1480. The Kier molecular flexibility index (Phi) is 10.1. The molecule has 0 amide bonds. The number of nitrogens with zero attached hydrogens (tertiary/aromatic N) is 1. The van der Waals surface area contributed by atoms with Crippen LogP contribution in [0.5, 0.6) is 23.0 Å². The third-order valence-corrected chi connectivity index (χ3v) is 6.88. The molecule has 0 aliphatic carbocycles. The van der Waals surface area contributed by atoms with E-state index in [1.807, 2.05) is 97.9 Å². The summed E-state index contributed by atoms with van der Waals surface area (Å²) in [7, 11) is 1.62. The van der Waals surface area contributed by atoms with Gasteiger partial charge in [0, 0.05) is 4.47 Å². The van der Waals surface area contributed by atoms with Crippen molar-refractivity contribution < 1.29 is 18.9 Å². The number of methoxy groups -OCH3 is 1. The van der Waals surface area contributed by atoms with Crippen LogP contribution in [0.2, 0.25) is 0 Å². The van der Waals surface area contributed by atoms with Crippen molar-refractivity contribution in [3.8, 4) is 29.1 Å². The van der Waals surface area contributed by atoms with Gasteiger partial charge in [0.15, 0.2) is 23.0 Å². The van der Waals surface area contributed by atoms with E-state index in [1.165, 1.54) is 0 Å². The summed E-state index contributed by atoms with van der Waals surface area (Å²) in [5.74, 6) is 2.46. The Morgan fingerprint density at radius 2 is 1.54 bits per heavy atom. The molecule has 0 unspecified atom stereocenters. The summed E-state index contributed by atoms with van der Waals surface area (Å²) in [5, 5.41) is 9.75. The summed E-state index contributed by atoms with van der Waals surface area (Å²) in [4.78, 5) is 0. The molecule has 0 aliphatic rings. The highest BCUT2D eigenvalue weighted by molar-refractivity contribution is 9.10. The van der Waals surface area contributed by atoms with E-state index < -0.39 is 0 Å². The smallest absolute Gasteiger partial charge is 0.175 e. The van der Waals surface area contributed by atoms with E-state index in [0.717, 1.165) is 31.2 Å². The average molecular weight is 649 g/mol. The van der Waals surface area contributed by atoms with E-state index in [4.69, 9.17) is 18.9 Å². The number of benzene rings is 4. The molecule has 0 fully saturated rings. The van der Waals surface area contributed by atoms with E-state index in [9.17, 15) is 5.26 Å². The fourth-order valence-corrected chi connectivity index (χ4v) is 4.70. The molecular formula is C32H27Br2NO4. The molecule has 0 radical (unpaired) electrons. The van der Waals surface area contributed by atoms with Crippen LogP contribution in [0, 0.1) is 11.3 Å². The molecule has 0 spiro atoms. The number of nitriles is 1. The van der Waals surface area contributed by atoms with Gasteiger partial charge in [0.2, 0.25) is 0 Å². The quantitative estimate of drug-likeness (QED) is 0.120. The molecular weight excluding hydrogens is 622 g/mol. The molecule has 0 aliphatic heterocycles. The standard InChI is InChI=1S/C32H27Br2NO4/c1-3-37-31-18-24(15-26(19-35)25-10-12-27(33)13-11-25)16-28(34)32(31)39-21-23-9-14-29(30(17-23)36-2)38-20-22-7-5-4-6-8-22/h4-18H,3,20-21H2,1-2H3/b26-15+. The van der Waals surface area contributed by atoms with Crippen molar-refractivity contribution in [2.45, 2.75) is 20.1 Å². The molecule has 39 heavy (non-hydrogen) atoms. The molecule has 0 aromatic heterocycles. The van der Waals surface area contributed by atoms with Gasteiger partial charge in [-0.2, -0.15) is 5.26 Å². The Morgan fingerprint density at radius 3 is 2.23 bits per heavy atom. The number of allylic oxidation sites excluding steroid dienone is 1. The van der Waals surface area contributed by atoms with E-state index in [0.29, 0.717) is 48.4 Å². The molecule has 4 aromatic rings. The van der Waals surface area contributed by atoms with Gasteiger partial charge in [0.1, 0.15) is 13.2 Å². The van der Waals surface area contributed by atoms with Crippen LogP contribution in [-0.2, 0) is 13.2 Å². The number of hydrogen-bond donors (Lipinski definition) is 0. The molecule has 198 valence electrons. The molecule has 0 heterocycles. The summed E-state index contributed by atoms with van der Waals surface area (Å²) in [6.07, 6.45) is 1.83. The summed E-state index contributed by atoms with van der Waals surface area (Å²) in [5.41, 5.74) is 4.20. The Morgan fingerprint density at radius 1 is 0.795 bits per heavy atom. The topological polar surface area (TPSA) is 60.7 Å². The summed E-state index contributed by atoms with van der Waals surface area (Å²) < 4.78 is 25.3. The highest BCUT2D eigenvalue weighted by Crippen LogP contribution is 2.39. The van der Waals surface area contributed by atoms with Gasteiger partial charge < -0.3 is 18.9 Å². The monoisotopic (exact) mass is 647 g/mol. The van der Waals surface area contributed by atoms with Crippen molar-refractivity contribution in [1.82, 2.24) is 0 Å². The Balaban J connectivity index is 1.52. The van der Waals surface area contributed by atoms with Crippen molar-refractivity contribution >= 4 is 43.5 Å². The van der Waals surface area contributed by atoms with Gasteiger partial charge in [-0.15, -0.1) is 0 Å². The lowest BCUT2D eigenvalue weighted by Crippen LogP contribution is -2.02. The van der Waals surface area contributed by atoms with E-state index in [2.05, 4.69) is 37.9 Å². The molecule has 0 saturated carbocycles. The van der Waals surface area contributed by atoms with Crippen molar-refractivity contribution in [2.75, 3.05) is 13.7 Å². The van der Waals surface area contributed by atoms with Crippen LogP contribution >= 0.6 is 31.9 Å². The highest BCUT2D eigenvalue weighted by Gasteiger charge is 2.14. The first kappa shape index (κ1) is 28.3. The maximum Gasteiger partial charge on any atom is 0.175 e. The lowest BCUT2D eigenvalue weighted by atomic mass is 10.0. The van der Waals surface area contributed by atoms with Gasteiger partial charge in [-0.1, -0.05) is 64.5 Å². The first-order chi connectivity index (χ1) is 19.0. The first-order valence-corrected chi connectivity index (χ1v) is 13.9.